The Bertz CT molecular complexity index is 2940. The monoisotopic (exact) mass is 646 g/mol. The van der Waals surface area contributed by atoms with Gasteiger partial charge in [-0.15, -0.1) is 0 Å². The number of hydrogen-bond donors (Lipinski definition) is 0. The molecule has 0 saturated carbocycles. The lowest BCUT2D eigenvalue weighted by molar-refractivity contribution is 1.18. The van der Waals surface area contributed by atoms with Gasteiger partial charge in [-0.2, -0.15) is 10.5 Å². The molecule has 0 saturated heterocycles. The molecule has 0 radical (unpaired) electrons. The summed E-state index contributed by atoms with van der Waals surface area (Å²) in [5.41, 5.74) is 10.1. The molecule has 8 aromatic carbocycles. The highest BCUT2D eigenvalue weighted by Crippen LogP contribution is 2.46. The molecular weight excluding hydrogens is 621 g/mol. The number of nitriles is 2. The second-order valence-electron chi connectivity index (χ2n) is 12.6. The molecule has 0 unspecified atom stereocenters. The minimum absolute atomic E-state index is 0.398. The summed E-state index contributed by atoms with van der Waals surface area (Å²) in [6.45, 7) is 8.32. The van der Waals surface area contributed by atoms with Crippen molar-refractivity contribution in [2.24, 2.45) is 0 Å². The van der Waals surface area contributed by atoms with Crippen LogP contribution < -0.4 is 0 Å². The summed E-state index contributed by atoms with van der Waals surface area (Å²) >= 11 is 0. The van der Waals surface area contributed by atoms with Gasteiger partial charge in [0.25, 0.3) is 0 Å². The van der Waals surface area contributed by atoms with E-state index >= 15 is 0 Å². The summed E-state index contributed by atoms with van der Waals surface area (Å²) in [4.78, 5) is 4.00. The smallest absolute Gasteiger partial charge is 0.198 e. The van der Waals surface area contributed by atoms with Gasteiger partial charge in [0.05, 0.1) is 35.3 Å². The molecule has 9 rings (SSSR count). The Kier molecular flexibility index (Phi) is 6.93. The Morgan fingerprint density at radius 1 is 0.431 bits per heavy atom. The van der Waals surface area contributed by atoms with Crippen LogP contribution in [0.3, 0.4) is 0 Å². The molecule has 234 valence electrons. The Morgan fingerprint density at radius 2 is 0.961 bits per heavy atom. The Balaban J connectivity index is 1.36. The van der Waals surface area contributed by atoms with Crippen molar-refractivity contribution < 1.29 is 0 Å². The van der Waals surface area contributed by atoms with Crippen LogP contribution in [0.1, 0.15) is 11.1 Å². The zero-order chi connectivity index (χ0) is 34.5. The molecule has 0 spiro atoms. The standard InChI is InChI=1S/C47H26N4/c1-50-41-25-31(29-49)26-44(51-42-21-10-9-16-35(42)40-24-30(28-48)22-23-43(40)51)47(41)34-15-11-14-33(27-34)46-38-19-7-5-17-36(38)45(32-12-3-2-4-13-32)37-18-6-8-20-39(37)46/h2-27H. The van der Waals surface area contributed by atoms with E-state index in [2.05, 4.69) is 119 Å². The number of fused-ring (bicyclic) bond motifs is 5. The van der Waals surface area contributed by atoms with Crippen LogP contribution in [0.5, 0.6) is 0 Å². The second kappa shape index (κ2) is 11.9. The van der Waals surface area contributed by atoms with Crippen molar-refractivity contribution in [1.82, 2.24) is 4.57 Å². The fourth-order valence-electron chi connectivity index (χ4n) is 7.72. The van der Waals surface area contributed by atoms with Gasteiger partial charge in [0.15, 0.2) is 5.69 Å². The van der Waals surface area contributed by atoms with Gasteiger partial charge in [0.1, 0.15) is 0 Å². The maximum Gasteiger partial charge on any atom is 0.198 e. The molecular formula is C47H26N4. The molecule has 0 aliphatic heterocycles. The molecule has 9 aromatic rings. The van der Waals surface area contributed by atoms with Crippen LogP contribution in [0.4, 0.5) is 5.69 Å². The number of para-hydroxylation sites is 1. The first-order chi connectivity index (χ1) is 25.2. The molecule has 4 nitrogen and oxygen atoms in total. The van der Waals surface area contributed by atoms with Crippen LogP contribution in [-0.2, 0) is 0 Å². The number of rotatable bonds is 4. The normalized spacial score (nSPS) is 11.1. The van der Waals surface area contributed by atoms with Gasteiger partial charge in [-0.05, 0) is 91.8 Å². The van der Waals surface area contributed by atoms with Crippen LogP contribution >= 0.6 is 0 Å². The molecule has 1 aromatic heterocycles. The predicted octanol–water partition coefficient (Wildman–Crippen LogP) is 12.4. The van der Waals surface area contributed by atoms with Gasteiger partial charge in [-0.1, -0.05) is 115 Å². The van der Waals surface area contributed by atoms with E-state index in [1.165, 1.54) is 21.9 Å². The number of nitrogens with zero attached hydrogens (tertiary/aromatic N) is 4. The highest BCUT2D eigenvalue weighted by atomic mass is 15.0. The molecule has 0 N–H and O–H groups in total. The van der Waals surface area contributed by atoms with Crippen molar-refractivity contribution in [3.63, 3.8) is 0 Å². The Labute approximate surface area is 294 Å². The highest BCUT2D eigenvalue weighted by molar-refractivity contribution is 6.21. The average Bonchev–Trinajstić information content (AvgIpc) is 3.53. The van der Waals surface area contributed by atoms with Crippen LogP contribution in [0.2, 0.25) is 0 Å². The van der Waals surface area contributed by atoms with Gasteiger partial charge in [-0.25, -0.2) is 4.85 Å². The predicted molar refractivity (Wildman–Crippen MR) is 208 cm³/mol. The van der Waals surface area contributed by atoms with Gasteiger partial charge in [0.2, 0.25) is 0 Å². The van der Waals surface area contributed by atoms with Crippen LogP contribution in [0.25, 0.3) is 87.3 Å². The summed E-state index contributed by atoms with van der Waals surface area (Å²) in [6, 6.07) is 58.0. The van der Waals surface area contributed by atoms with Crippen LogP contribution in [0, 0.1) is 29.2 Å². The lowest BCUT2D eigenvalue weighted by Gasteiger charge is -2.19. The molecule has 0 fully saturated rings. The van der Waals surface area contributed by atoms with Crippen LogP contribution in [-0.4, -0.2) is 4.57 Å². The molecule has 1 heterocycles. The number of benzene rings is 8. The number of aromatic nitrogens is 1. The lowest BCUT2D eigenvalue weighted by Crippen LogP contribution is -1.99. The third kappa shape index (κ3) is 4.66. The first-order valence-electron chi connectivity index (χ1n) is 16.7. The Hall–Kier alpha value is -7.45. The third-order valence-corrected chi connectivity index (χ3v) is 9.82. The summed E-state index contributed by atoms with van der Waals surface area (Å²) in [6.07, 6.45) is 0. The van der Waals surface area contributed by atoms with Crippen molar-refractivity contribution >= 4 is 49.0 Å². The SMILES string of the molecule is [C-]#[N+]c1cc(C#N)cc(-n2c3ccccc3c3cc(C#N)ccc32)c1-c1cccc(-c2c3ccccc3c(-c3ccccc3)c3ccccc23)c1. The molecule has 0 amide bonds. The first kappa shape index (κ1) is 29.7. The molecule has 0 bridgehead atoms. The average molecular weight is 647 g/mol. The largest absolute Gasteiger partial charge is 0.310 e. The van der Waals surface area contributed by atoms with Gasteiger partial charge in [0, 0.05) is 27.6 Å². The van der Waals surface area contributed by atoms with E-state index in [1.807, 2.05) is 54.6 Å². The molecule has 51 heavy (non-hydrogen) atoms. The zero-order valence-corrected chi connectivity index (χ0v) is 27.3. The number of hydrogen-bond acceptors (Lipinski definition) is 2. The fraction of sp³-hybridized carbons (Fsp3) is 0. The van der Waals surface area contributed by atoms with Gasteiger partial charge in [-0.3, -0.25) is 0 Å². The maximum absolute atomic E-state index is 10.1. The summed E-state index contributed by atoms with van der Waals surface area (Å²) in [5.74, 6) is 0. The Morgan fingerprint density at radius 3 is 1.59 bits per heavy atom. The summed E-state index contributed by atoms with van der Waals surface area (Å²) in [5, 5.41) is 26.4. The summed E-state index contributed by atoms with van der Waals surface area (Å²) in [7, 11) is 0. The van der Waals surface area contributed by atoms with Crippen molar-refractivity contribution in [2.75, 3.05) is 0 Å². The van der Waals surface area contributed by atoms with E-state index in [0.717, 1.165) is 60.5 Å². The third-order valence-electron chi connectivity index (χ3n) is 9.82. The molecule has 0 atom stereocenters. The molecule has 0 aliphatic carbocycles. The molecule has 4 heteroatoms. The van der Waals surface area contributed by atoms with E-state index in [9.17, 15) is 10.5 Å². The van der Waals surface area contributed by atoms with Crippen molar-refractivity contribution in [2.45, 2.75) is 0 Å². The lowest BCUT2D eigenvalue weighted by atomic mass is 9.85. The van der Waals surface area contributed by atoms with Crippen LogP contribution in [0.15, 0.2) is 158 Å². The van der Waals surface area contributed by atoms with Crippen molar-refractivity contribution in [1.29, 1.82) is 10.5 Å². The first-order valence-corrected chi connectivity index (χ1v) is 16.7. The zero-order valence-electron chi connectivity index (χ0n) is 27.3. The maximum atomic E-state index is 10.1. The van der Waals surface area contributed by atoms with Crippen molar-refractivity contribution in [3.8, 4) is 51.2 Å². The topological polar surface area (TPSA) is 56.9 Å². The molecule has 0 aliphatic rings. The summed E-state index contributed by atoms with van der Waals surface area (Å²) < 4.78 is 2.13. The highest BCUT2D eigenvalue weighted by Gasteiger charge is 2.22. The van der Waals surface area contributed by atoms with Gasteiger partial charge >= 0.3 is 0 Å². The fourth-order valence-corrected chi connectivity index (χ4v) is 7.72. The quantitative estimate of drug-likeness (QED) is 0.141. The van der Waals surface area contributed by atoms with E-state index in [1.54, 1.807) is 6.07 Å². The van der Waals surface area contributed by atoms with E-state index < -0.39 is 0 Å². The van der Waals surface area contributed by atoms with E-state index in [-0.39, 0.29) is 0 Å². The second-order valence-corrected chi connectivity index (χ2v) is 12.6. The van der Waals surface area contributed by atoms with Gasteiger partial charge < -0.3 is 4.57 Å². The van der Waals surface area contributed by atoms with Crippen molar-refractivity contribution in [3.05, 3.63) is 180 Å². The van der Waals surface area contributed by atoms with E-state index in [4.69, 9.17) is 6.57 Å². The van der Waals surface area contributed by atoms with E-state index in [0.29, 0.717) is 16.8 Å². The minimum Gasteiger partial charge on any atom is -0.310 e. The minimum atomic E-state index is 0.398.